The molecule has 1 amide bonds. The first kappa shape index (κ1) is 21.7. The SMILES string of the molecule is O=C(CCNS(=O)(=O)c1ccc([N+](=O)[O-])cc1)N1CCN(c2ccccc2F)CC1. The summed E-state index contributed by atoms with van der Waals surface area (Å²) in [4.78, 5) is 25.8. The second-order valence-electron chi connectivity index (χ2n) is 6.72. The Balaban J connectivity index is 1.48. The number of amides is 1. The largest absolute Gasteiger partial charge is 0.366 e. The van der Waals surface area contributed by atoms with Crippen molar-refractivity contribution in [2.24, 2.45) is 0 Å². The molecule has 1 saturated heterocycles. The van der Waals surface area contributed by atoms with E-state index in [0.717, 1.165) is 24.3 Å². The summed E-state index contributed by atoms with van der Waals surface area (Å²) in [6, 6.07) is 11.0. The van der Waals surface area contributed by atoms with Crippen molar-refractivity contribution < 1.29 is 22.5 Å². The van der Waals surface area contributed by atoms with Crippen LogP contribution < -0.4 is 9.62 Å². The number of para-hydroxylation sites is 1. The lowest BCUT2D eigenvalue weighted by Crippen LogP contribution is -2.49. The average molecular weight is 436 g/mol. The van der Waals surface area contributed by atoms with Gasteiger partial charge in [0.25, 0.3) is 5.69 Å². The van der Waals surface area contributed by atoms with E-state index in [1.165, 1.54) is 6.07 Å². The summed E-state index contributed by atoms with van der Waals surface area (Å²) in [5, 5.41) is 10.7. The highest BCUT2D eigenvalue weighted by molar-refractivity contribution is 7.89. The second-order valence-corrected chi connectivity index (χ2v) is 8.48. The third-order valence-electron chi connectivity index (χ3n) is 4.81. The van der Waals surface area contributed by atoms with Gasteiger partial charge in [-0.25, -0.2) is 17.5 Å². The molecule has 0 atom stereocenters. The lowest BCUT2D eigenvalue weighted by molar-refractivity contribution is -0.384. The molecule has 2 aromatic rings. The molecule has 0 aliphatic carbocycles. The van der Waals surface area contributed by atoms with Crippen LogP contribution in [0.25, 0.3) is 0 Å². The van der Waals surface area contributed by atoms with Crippen molar-refractivity contribution in [2.75, 3.05) is 37.6 Å². The highest BCUT2D eigenvalue weighted by atomic mass is 32.2. The first-order chi connectivity index (χ1) is 14.3. The van der Waals surface area contributed by atoms with E-state index in [9.17, 15) is 27.7 Å². The van der Waals surface area contributed by atoms with Gasteiger partial charge in [-0.1, -0.05) is 12.1 Å². The number of hydrogen-bond acceptors (Lipinski definition) is 6. The number of sulfonamides is 1. The van der Waals surface area contributed by atoms with Crippen LogP contribution in [0.2, 0.25) is 0 Å². The molecular formula is C19H21FN4O5S. The number of anilines is 1. The summed E-state index contributed by atoms with van der Waals surface area (Å²) >= 11 is 0. The van der Waals surface area contributed by atoms with Crippen molar-refractivity contribution >= 4 is 27.3 Å². The maximum absolute atomic E-state index is 13.9. The van der Waals surface area contributed by atoms with E-state index in [0.29, 0.717) is 31.9 Å². The van der Waals surface area contributed by atoms with Gasteiger partial charge in [0, 0.05) is 51.3 Å². The molecule has 11 heteroatoms. The smallest absolute Gasteiger partial charge is 0.269 e. The molecule has 1 aliphatic heterocycles. The first-order valence-corrected chi connectivity index (χ1v) is 10.8. The zero-order chi connectivity index (χ0) is 21.7. The summed E-state index contributed by atoms with van der Waals surface area (Å²) in [6.07, 6.45) is -0.0219. The minimum atomic E-state index is -3.87. The number of piperazine rings is 1. The van der Waals surface area contributed by atoms with Gasteiger partial charge in [0.05, 0.1) is 15.5 Å². The molecule has 0 saturated carbocycles. The Hall–Kier alpha value is -3.05. The predicted octanol–water partition coefficient (Wildman–Crippen LogP) is 1.75. The monoisotopic (exact) mass is 436 g/mol. The molecule has 0 aromatic heterocycles. The topological polar surface area (TPSA) is 113 Å². The number of benzene rings is 2. The maximum Gasteiger partial charge on any atom is 0.269 e. The van der Waals surface area contributed by atoms with Gasteiger partial charge in [-0.05, 0) is 24.3 Å². The van der Waals surface area contributed by atoms with Gasteiger partial charge in [0.1, 0.15) is 5.82 Å². The number of carbonyl (C=O) groups is 1. The van der Waals surface area contributed by atoms with Gasteiger partial charge in [-0.15, -0.1) is 0 Å². The Morgan fingerprint density at radius 3 is 2.30 bits per heavy atom. The molecule has 30 heavy (non-hydrogen) atoms. The highest BCUT2D eigenvalue weighted by Crippen LogP contribution is 2.20. The van der Waals surface area contributed by atoms with Gasteiger partial charge in [0.15, 0.2) is 0 Å². The first-order valence-electron chi connectivity index (χ1n) is 9.29. The summed E-state index contributed by atoms with van der Waals surface area (Å²) in [5.74, 6) is -0.507. The number of nitrogens with zero attached hydrogens (tertiary/aromatic N) is 3. The molecule has 1 N–H and O–H groups in total. The molecule has 1 fully saturated rings. The number of nitro groups is 1. The Kier molecular flexibility index (Phi) is 6.63. The van der Waals surface area contributed by atoms with Crippen LogP contribution >= 0.6 is 0 Å². The maximum atomic E-state index is 13.9. The van der Waals surface area contributed by atoms with E-state index in [1.54, 1.807) is 23.1 Å². The van der Waals surface area contributed by atoms with Crippen molar-refractivity contribution in [3.63, 3.8) is 0 Å². The molecule has 0 unspecified atom stereocenters. The van der Waals surface area contributed by atoms with Crippen molar-refractivity contribution in [1.82, 2.24) is 9.62 Å². The van der Waals surface area contributed by atoms with Gasteiger partial charge in [0.2, 0.25) is 15.9 Å². The summed E-state index contributed by atoms with van der Waals surface area (Å²) < 4.78 is 40.7. The van der Waals surface area contributed by atoms with E-state index >= 15 is 0 Å². The van der Waals surface area contributed by atoms with Crippen molar-refractivity contribution in [3.8, 4) is 0 Å². The normalized spacial score (nSPS) is 14.6. The van der Waals surface area contributed by atoms with Crippen LogP contribution in [0.4, 0.5) is 15.8 Å². The van der Waals surface area contributed by atoms with Crippen LogP contribution in [-0.4, -0.2) is 56.9 Å². The van der Waals surface area contributed by atoms with E-state index in [4.69, 9.17) is 0 Å². The van der Waals surface area contributed by atoms with E-state index < -0.39 is 14.9 Å². The fourth-order valence-electron chi connectivity index (χ4n) is 3.19. The zero-order valence-electron chi connectivity index (χ0n) is 16.0. The van der Waals surface area contributed by atoms with Crippen LogP contribution in [0, 0.1) is 15.9 Å². The van der Waals surface area contributed by atoms with Crippen LogP contribution in [0.5, 0.6) is 0 Å². The molecule has 160 valence electrons. The van der Waals surface area contributed by atoms with Gasteiger partial charge >= 0.3 is 0 Å². The highest BCUT2D eigenvalue weighted by Gasteiger charge is 2.23. The third-order valence-corrected chi connectivity index (χ3v) is 6.29. The lowest BCUT2D eigenvalue weighted by atomic mass is 10.2. The fraction of sp³-hybridized carbons (Fsp3) is 0.316. The van der Waals surface area contributed by atoms with Gasteiger partial charge in [-0.3, -0.25) is 14.9 Å². The number of carbonyl (C=O) groups excluding carboxylic acids is 1. The van der Waals surface area contributed by atoms with Crippen molar-refractivity contribution in [3.05, 3.63) is 64.5 Å². The molecule has 2 aromatic carbocycles. The van der Waals surface area contributed by atoms with Crippen LogP contribution in [0.3, 0.4) is 0 Å². The van der Waals surface area contributed by atoms with E-state index in [2.05, 4.69) is 4.72 Å². The molecule has 1 aliphatic rings. The van der Waals surface area contributed by atoms with Crippen molar-refractivity contribution in [1.29, 1.82) is 0 Å². The molecule has 3 rings (SSSR count). The second kappa shape index (κ2) is 9.18. The summed E-state index contributed by atoms with van der Waals surface area (Å²) in [5.41, 5.74) is 0.291. The number of nitro benzene ring substituents is 1. The minimum absolute atomic E-state index is 0.0219. The molecule has 1 heterocycles. The number of non-ortho nitro benzene ring substituents is 1. The molecule has 0 bridgehead atoms. The Labute approximate surface area is 173 Å². The Bertz CT molecular complexity index is 1020. The molecule has 9 nitrogen and oxygen atoms in total. The minimum Gasteiger partial charge on any atom is -0.366 e. The van der Waals surface area contributed by atoms with Gasteiger partial charge in [-0.2, -0.15) is 0 Å². The number of hydrogen-bond donors (Lipinski definition) is 1. The molecule has 0 radical (unpaired) electrons. The van der Waals surface area contributed by atoms with Crippen LogP contribution in [0.15, 0.2) is 53.4 Å². The standard InChI is InChI=1S/C19H21FN4O5S/c20-17-3-1-2-4-18(17)22-11-13-23(14-12-22)19(25)9-10-21-30(28,29)16-7-5-15(6-8-16)24(26)27/h1-8,21H,9-14H2. The third kappa shape index (κ3) is 5.10. The van der Waals surface area contributed by atoms with Crippen LogP contribution in [-0.2, 0) is 14.8 Å². The molecular weight excluding hydrogens is 415 g/mol. The summed E-state index contributed by atoms with van der Waals surface area (Å²) in [6.45, 7) is 1.72. The van der Waals surface area contributed by atoms with E-state index in [-0.39, 0.29) is 35.3 Å². The van der Waals surface area contributed by atoms with Crippen molar-refractivity contribution in [2.45, 2.75) is 11.3 Å². The number of nitrogens with one attached hydrogen (secondary N) is 1. The van der Waals surface area contributed by atoms with Gasteiger partial charge < -0.3 is 9.80 Å². The van der Waals surface area contributed by atoms with Crippen LogP contribution in [0.1, 0.15) is 6.42 Å². The Morgan fingerprint density at radius 1 is 1.07 bits per heavy atom. The fourth-order valence-corrected chi connectivity index (χ4v) is 4.22. The Morgan fingerprint density at radius 2 is 1.70 bits per heavy atom. The average Bonchev–Trinajstić information content (AvgIpc) is 2.74. The predicted molar refractivity (Wildman–Crippen MR) is 108 cm³/mol. The quantitative estimate of drug-likeness (QED) is 0.523. The lowest BCUT2D eigenvalue weighted by Gasteiger charge is -2.36. The molecule has 0 spiro atoms. The van der Waals surface area contributed by atoms with E-state index in [1.807, 2.05) is 4.90 Å². The number of rotatable bonds is 7. The number of halogens is 1. The summed E-state index contributed by atoms with van der Waals surface area (Å²) in [7, 11) is -3.87. The zero-order valence-corrected chi connectivity index (χ0v) is 16.8.